The maximum atomic E-state index is 12.7. The van der Waals surface area contributed by atoms with Crippen molar-refractivity contribution < 1.29 is 14.3 Å². The van der Waals surface area contributed by atoms with Crippen LogP contribution in [0.4, 0.5) is 0 Å². The number of ether oxygens (including phenoxy) is 1. The van der Waals surface area contributed by atoms with Gasteiger partial charge in [0.05, 0.1) is 12.2 Å². The second-order valence-electron chi connectivity index (χ2n) is 6.01. The zero-order valence-electron chi connectivity index (χ0n) is 13.8. The van der Waals surface area contributed by atoms with Gasteiger partial charge in [-0.15, -0.1) is 0 Å². The monoisotopic (exact) mass is 437 g/mol. The van der Waals surface area contributed by atoms with E-state index < -0.39 is 0 Å². The van der Waals surface area contributed by atoms with E-state index in [1.165, 1.54) is 0 Å². The summed E-state index contributed by atoms with van der Waals surface area (Å²) >= 11 is 2.27. The molecule has 1 aliphatic heterocycles. The smallest absolute Gasteiger partial charge is 0.336 e. The molecule has 24 heavy (non-hydrogen) atoms. The van der Waals surface area contributed by atoms with Crippen molar-refractivity contribution in [1.82, 2.24) is 5.32 Å². The molecule has 5 heteroatoms. The number of carbonyl (C=O) groups is 2. The molecule has 4 nitrogen and oxygen atoms in total. The zero-order valence-corrected chi connectivity index (χ0v) is 16.0. The zero-order chi connectivity index (χ0) is 17.3. The van der Waals surface area contributed by atoms with Crippen molar-refractivity contribution in [2.45, 2.75) is 39.0 Å². The molecule has 1 aliphatic carbocycles. The van der Waals surface area contributed by atoms with Gasteiger partial charge in [-0.2, -0.15) is 0 Å². The minimum absolute atomic E-state index is 0.128. The van der Waals surface area contributed by atoms with Crippen LogP contribution in [0.25, 0.3) is 0 Å². The fourth-order valence-electron chi connectivity index (χ4n) is 3.48. The molecule has 0 amide bonds. The van der Waals surface area contributed by atoms with Crippen LogP contribution >= 0.6 is 22.6 Å². The Morgan fingerprint density at radius 3 is 2.79 bits per heavy atom. The van der Waals surface area contributed by atoms with E-state index in [4.69, 9.17) is 4.74 Å². The van der Waals surface area contributed by atoms with Crippen molar-refractivity contribution in [3.8, 4) is 0 Å². The number of allylic oxidation sites excluding steroid dienone is 3. The van der Waals surface area contributed by atoms with Crippen LogP contribution in [-0.2, 0) is 14.3 Å². The highest BCUT2D eigenvalue weighted by Gasteiger charge is 2.39. The van der Waals surface area contributed by atoms with Crippen molar-refractivity contribution in [2.24, 2.45) is 0 Å². The summed E-state index contributed by atoms with van der Waals surface area (Å²) in [7, 11) is 0. The van der Waals surface area contributed by atoms with Gasteiger partial charge in [0.15, 0.2) is 5.78 Å². The highest BCUT2D eigenvalue weighted by Crippen LogP contribution is 2.43. The molecule has 1 aromatic rings. The third-order valence-corrected chi connectivity index (χ3v) is 5.47. The molecule has 0 unspecified atom stereocenters. The van der Waals surface area contributed by atoms with Crippen LogP contribution in [0.1, 0.15) is 44.6 Å². The summed E-state index contributed by atoms with van der Waals surface area (Å²) in [4.78, 5) is 25.3. The predicted octanol–water partition coefficient (Wildman–Crippen LogP) is 3.82. The highest BCUT2D eigenvalue weighted by atomic mass is 127. The fourth-order valence-corrected chi connectivity index (χ4v) is 4.18. The molecule has 0 radical (unpaired) electrons. The Morgan fingerprint density at radius 2 is 2.08 bits per heavy atom. The first-order valence-electron chi connectivity index (χ1n) is 8.20. The number of nitrogens with one attached hydrogen (secondary N) is 1. The molecule has 0 saturated carbocycles. The van der Waals surface area contributed by atoms with E-state index in [9.17, 15) is 9.59 Å². The number of ketones is 1. The average Bonchev–Trinajstić information content (AvgIpc) is 2.54. The van der Waals surface area contributed by atoms with E-state index in [1.54, 1.807) is 6.92 Å². The summed E-state index contributed by atoms with van der Waals surface area (Å²) in [6, 6.07) is 7.91. The lowest BCUT2D eigenvalue weighted by atomic mass is 9.75. The number of rotatable bonds is 3. The van der Waals surface area contributed by atoms with Crippen LogP contribution in [0.5, 0.6) is 0 Å². The molecule has 126 valence electrons. The van der Waals surface area contributed by atoms with E-state index in [-0.39, 0.29) is 17.7 Å². The second-order valence-corrected chi connectivity index (χ2v) is 7.17. The topological polar surface area (TPSA) is 55.4 Å². The quantitative estimate of drug-likeness (QED) is 0.577. The lowest BCUT2D eigenvalue weighted by Crippen LogP contribution is -2.34. The Kier molecular flexibility index (Phi) is 5.08. The number of hydrogen-bond acceptors (Lipinski definition) is 4. The van der Waals surface area contributed by atoms with Crippen molar-refractivity contribution in [3.05, 3.63) is 55.9 Å². The van der Waals surface area contributed by atoms with Gasteiger partial charge in [0.2, 0.25) is 0 Å². The molecule has 0 fully saturated rings. The number of benzene rings is 1. The van der Waals surface area contributed by atoms with Crippen molar-refractivity contribution >= 4 is 34.3 Å². The molecule has 0 spiro atoms. The number of hydrogen-bond donors (Lipinski definition) is 1. The minimum Gasteiger partial charge on any atom is -0.463 e. The summed E-state index contributed by atoms with van der Waals surface area (Å²) in [5, 5.41) is 3.29. The number of Topliss-reactive ketones (excluding diaryl/α,β-unsaturated/α-hetero) is 1. The van der Waals surface area contributed by atoms with Gasteiger partial charge in [-0.3, -0.25) is 4.79 Å². The Bertz CT molecular complexity index is 764. The van der Waals surface area contributed by atoms with Gasteiger partial charge in [0.1, 0.15) is 0 Å². The largest absolute Gasteiger partial charge is 0.463 e. The summed E-state index contributed by atoms with van der Waals surface area (Å²) in [6.45, 7) is 3.99. The molecule has 2 aliphatic rings. The first-order valence-corrected chi connectivity index (χ1v) is 9.28. The van der Waals surface area contributed by atoms with Gasteiger partial charge in [-0.1, -0.05) is 18.2 Å². The molecule has 1 N–H and O–H groups in total. The third-order valence-electron chi connectivity index (χ3n) is 4.49. The van der Waals surface area contributed by atoms with E-state index in [0.29, 0.717) is 18.6 Å². The summed E-state index contributed by atoms with van der Waals surface area (Å²) in [5.41, 5.74) is 4.02. The summed E-state index contributed by atoms with van der Waals surface area (Å²) in [5.74, 6) is -0.569. The van der Waals surface area contributed by atoms with Gasteiger partial charge in [-0.05, 0) is 60.9 Å². The van der Waals surface area contributed by atoms with Crippen LogP contribution < -0.4 is 5.32 Å². The Labute approximate surface area is 155 Å². The number of dihydropyridines is 1. The Balaban J connectivity index is 2.19. The van der Waals surface area contributed by atoms with Gasteiger partial charge in [0.25, 0.3) is 0 Å². The first-order chi connectivity index (χ1) is 11.5. The molecule has 1 heterocycles. The lowest BCUT2D eigenvalue weighted by Gasteiger charge is -2.34. The molecule has 1 atom stereocenters. The van der Waals surface area contributed by atoms with Crippen molar-refractivity contribution in [2.75, 3.05) is 6.61 Å². The van der Waals surface area contributed by atoms with Crippen molar-refractivity contribution in [3.63, 3.8) is 0 Å². The second kappa shape index (κ2) is 7.09. The standard InChI is InChI=1S/C19H20INO3/c1-3-24-19(23)16-11(2)21-14-9-6-10-15(22)18(14)17(16)12-7-4-5-8-13(12)20/h4-5,7-8,17,21H,3,6,9-10H2,1-2H3/t17-/m0/s1. The average molecular weight is 437 g/mol. The lowest BCUT2D eigenvalue weighted by molar-refractivity contribution is -0.138. The van der Waals surface area contributed by atoms with Crippen LogP contribution in [0, 0.1) is 3.57 Å². The van der Waals surface area contributed by atoms with E-state index in [1.807, 2.05) is 31.2 Å². The van der Waals surface area contributed by atoms with Gasteiger partial charge < -0.3 is 10.1 Å². The molecule has 1 aromatic carbocycles. The normalized spacial score (nSPS) is 20.6. The van der Waals surface area contributed by atoms with Crippen LogP contribution in [0.3, 0.4) is 0 Å². The molecular weight excluding hydrogens is 417 g/mol. The number of esters is 1. The highest BCUT2D eigenvalue weighted by molar-refractivity contribution is 14.1. The third kappa shape index (κ3) is 3.01. The predicted molar refractivity (Wildman–Crippen MR) is 100 cm³/mol. The Hall–Kier alpha value is -1.63. The molecule has 0 bridgehead atoms. The molecular formula is C19H20INO3. The van der Waals surface area contributed by atoms with Crippen LogP contribution in [0.15, 0.2) is 46.8 Å². The fraction of sp³-hybridized carbons (Fsp3) is 0.368. The number of halogens is 1. The van der Waals surface area contributed by atoms with E-state index in [0.717, 1.165) is 38.9 Å². The SMILES string of the molecule is CCOC(=O)C1=C(C)NC2=C(C(=O)CCC2)[C@H]1c1ccccc1I. The first kappa shape index (κ1) is 17.2. The Morgan fingerprint density at radius 1 is 1.33 bits per heavy atom. The maximum Gasteiger partial charge on any atom is 0.336 e. The minimum atomic E-state index is -0.350. The van der Waals surface area contributed by atoms with Crippen LogP contribution in [0.2, 0.25) is 0 Å². The molecule has 0 saturated heterocycles. The molecule has 3 rings (SSSR count). The van der Waals surface area contributed by atoms with Crippen LogP contribution in [-0.4, -0.2) is 18.4 Å². The van der Waals surface area contributed by atoms with Gasteiger partial charge >= 0.3 is 5.97 Å². The van der Waals surface area contributed by atoms with Gasteiger partial charge in [-0.25, -0.2) is 4.79 Å². The summed E-state index contributed by atoms with van der Waals surface area (Å²) in [6.07, 6.45) is 2.23. The van der Waals surface area contributed by atoms with Crippen molar-refractivity contribution in [1.29, 1.82) is 0 Å². The number of carbonyl (C=O) groups excluding carboxylic acids is 2. The summed E-state index contributed by atoms with van der Waals surface area (Å²) < 4.78 is 6.33. The van der Waals surface area contributed by atoms with Gasteiger partial charge in [0, 0.05) is 32.9 Å². The van der Waals surface area contributed by atoms with E-state index in [2.05, 4.69) is 27.9 Å². The van der Waals surface area contributed by atoms with E-state index >= 15 is 0 Å². The molecule has 0 aromatic heterocycles. The maximum absolute atomic E-state index is 12.7.